The van der Waals surface area contributed by atoms with E-state index < -0.39 is 26.6 Å². The molecule has 2 N–H and O–H groups in total. The average molecular weight is 807 g/mol. The smallest absolute Gasteiger partial charge is 0.268 e. The monoisotopic (exact) mass is 807 g/mol. The quantitative estimate of drug-likeness (QED) is 0.0276. The highest BCUT2D eigenvalue weighted by Gasteiger charge is 2.23. The number of carbonyl (C=O) groups excluding carboxylic acids is 1. The second-order valence-corrected chi connectivity index (χ2v) is 17.8. The molecule has 0 bridgehead atoms. The fourth-order valence-corrected chi connectivity index (χ4v) is 6.76. The SMILES string of the molecule is CCCCCC/C=C\C/C=C\CCCCCCCC(=O)NC(COP(=O)([O-])OCC[N+](C)(C)C)C(O)/C=C/CC/C=C/CC/C=C/CCCCCCCCCC. The van der Waals surface area contributed by atoms with Gasteiger partial charge in [-0.05, 0) is 77.0 Å². The molecule has 0 rings (SSSR count). The lowest BCUT2D eigenvalue weighted by Crippen LogP contribution is -2.45. The van der Waals surface area contributed by atoms with Gasteiger partial charge in [-0.15, -0.1) is 0 Å². The van der Waals surface area contributed by atoms with Crippen LogP contribution in [0.3, 0.4) is 0 Å². The highest BCUT2D eigenvalue weighted by Crippen LogP contribution is 2.38. The van der Waals surface area contributed by atoms with Gasteiger partial charge in [0, 0.05) is 6.42 Å². The molecule has 3 unspecified atom stereocenters. The molecule has 0 aliphatic rings. The summed E-state index contributed by atoms with van der Waals surface area (Å²) in [5.41, 5.74) is 0. The number of quaternary nitrogens is 1. The number of amides is 1. The van der Waals surface area contributed by atoms with E-state index in [0.29, 0.717) is 17.4 Å². The number of likely N-dealkylation sites (N-methyl/N-ethyl adjacent to an activating group) is 1. The zero-order valence-electron chi connectivity index (χ0n) is 36.8. The van der Waals surface area contributed by atoms with Crippen molar-refractivity contribution in [2.75, 3.05) is 40.9 Å². The number of phosphoric ester groups is 1. The number of nitrogens with one attached hydrogen (secondary N) is 1. The van der Waals surface area contributed by atoms with Crippen LogP contribution in [0.5, 0.6) is 0 Å². The Bertz CT molecular complexity index is 1100. The molecule has 0 saturated heterocycles. The van der Waals surface area contributed by atoms with E-state index in [1.165, 1.54) is 89.9 Å². The first-order valence-electron chi connectivity index (χ1n) is 22.7. The molecular weight excluding hydrogens is 719 g/mol. The molecule has 0 aromatic rings. The molecule has 326 valence electrons. The summed E-state index contributed by atoms with van der Waals surface area (Å²) >= 11 is 0. The van der Waals surface area contributed by atoms with Gasteiger partial charge in [-0.2, -0.15) is 0 Å². The fraction of sp³-hybridized carbons (Fsp3) is 0.766. The molecule has 0 aromatic heterocycles. The van der Waals surface area contributed by atoms with Gasteiger partial charge < -0.3 is 28.8 Å². The number of rotatable bonds is 40. The normalized spacial score (nSPS) is 14.9. The molecule has 0 fully saturated rings. The molecule has 0 spiro atoms. The van der Waals surface area contributed by atoms with Gasteiger partial charge in [0.2, 0.25) is 5.91 Å². The van der Waals surface area contributed by atoms with Crippen LogP contribution in [0.2, 0.25) is 0 Å². The number of carbonyl (C=O) groups is 1. The van der Waals surface area contributed by atoms with Crippen molar-refractivity contribution in [3.8, 4) is 0 Å². The molecule has 0 heterocycles. The maximum atomic E-state index is 12.8. The summed E-state index contributed by atoms with van der Waals surface area (Å²) in [7, 11) is 1.22. The van der Waals surface area contributed by atoms with Crippen molar-refractivity contribution in [1.29, 1.82) is 0 Å². The molecule has 0 aliphatic heterocycles. The summed E-state index contributed by atoms with van der Waals surface area (Å²) < 4.78 is 23.2. The number of unbranched alkanes of at least 4 members (excludes halogenated alkanes) is 19. The summed E-state index contributed by atoms with van der Waals surface area (Å²) in [6.07, 6.45) is 49.8. The van der Waals surface area contributed by atoms with Crippen LogP contribution in [0.25, 0.3) is 0 Å². The number of nitrogens with zero attached hydrogens (tertiary/aromatic N) is 1. The first kappa shape index (κ1) is 54.2. The van der Waals surface area contributed by atoms with Crippen LogP contribution in [0.15, 0.2) is 60.8 Å². The zero-order chi connectivity index (χ0) is 41.4. The van der Waals surface area contributed by atoms with Gasteiger partial charge in [0.1, 0.15) is 13.2 Å². The number of phosphoric acid groups is 1. The Labute approximate surface area is 345 Å². The second kappa shape index (κ2) is 38.7. The third-order valence-electron chi connectivity index (χ3n) is 9.68. The molecule has 0 aromatic carbocycles. The van der Waals surface area contributed by atoms with Crippen LogP contribution < -0.4 is 10.2 Å². The van der Waals surface area contributed by atoms with Crippen molar-refractivity contribution >= 4 is 13.7 Å². The Kier molecular flexibility index (Phi) is 37.5. The van der Waals surface area contributed by atoms with Crippen LogP contribution in [0, 0.1) is 0 Å². The van der Waals surface area contributed by atoms with Gasteiger partial charge in [-0.1, -0.05) is 158 Å². The van der Waals surface area contributed by atoms with Crippen molar-refractivity contribution in [1.82, 2.24) is 5.32 Å². The van der Waals surface area contributed by atoms with Gasteiger partial charge in [-0.3, -0.25) is 9.36 Å². The van der Waals surface area contributed by atoms with E-state index in [-0.39, 0.29) is 12.5 Å². The molecule has 56 heavy (non-hydrogen) atoms. The van der Waals surface area contributed by atoms with Crippen molar-refractivity contribution in [3.63, 3.8) is 0 Å². The molecular formula is C47H87N2O6P. The summed E-state index contributed by atoms with van der Waals surface area (Å²) in [6.45, 7) is 4.57. The first-order chi connectivity index (χ1) is 27.0. The Morgan fingerprint density at radius 1 is 0.625 bits per heavy atom. The van der Waals surface area contributed by atoms with E-state index in [1.807, 2.05) is 27.2 Å². The molecule has 1 amide bonds. The van der Waals surface area contributed by atoms with E-state index in [2.05, 4.69) is 67.8 Å². The standard InChI is InChI=1S/C47H87N2O6P/c1-6-8-10-12-14-16-18-20-22-24-25-26-28-30-32-34-36-38-40-46(50)45(44-55-56(52,53)54-43-42-49(3,4)5)48-47(51)41-39-37-35-33-31-29-27-23-21-19-17-15-13-11-9-7-2/h17,19,23-25,27,30,32,38,40,45-46,50H,6-16,18,20-22,26,28-29,31,33-37,39,41-44H2,1-5H3,(H-,48,51,52,53)/b19-17-,25-24+,27-23-,32-30+,40-38+. The lowest BCUT2D eigenvalue weighted by molar-refractivity contribution is -0.870. The number of hydrogen-bond donors (Lipinski definition) is 2. The zero-order valence-corrected chi connectivity index (χ0v) is 37.7. The maximum absolute atomic E-state index is 12.8. The van der Waals surface area contributed by atoms with Crippen LogP contribution in [-0.2, 0) is 18.4 Å². The number of hydrogen-bond acceptors (Lipinski definition) is 6. The minimum Gasteiger partial charge on any atom is -0.756 e. The largest absolute Gasteiger partial charge is 0.756 e. The topological polar surface area (TPSA) is 108 Å². The maximum Gasteiger partial charge on any atom is 0.268 e. The van der Waals surface area contributed by atoms with E-state index in [1.54, 1.807) is 6.08 Å². The summed E-state index contributed by atoms with van der Waals surface area (Å²) in [4.78, 5) is 25.3. The lowest BCUT2D eigenvalue weighted by Gasteiger charge is -2.29. The van der Waals surface area contributed by atoms with Gasteiger partial charge in [-0.25, -0.2) is 0 Å². The van der Waals surface area contributed by atoms with E-state index in [9.17, 15) is 19.4 Å². The molecule has 8 nitrogen and oxygen atoms in total. The van der Waals surface area contributed by atoms with Crippen molar-refractivity contribution in [3.05, 3.63) is 60.8 Å². The van der Waals surface area contributed by atoms with Crippen LogP contribution in [-0.4, -0.2) is 68.5 Å². The van der Waals surface area contributed by atoms with Gasteiger partial charge in [0.05, 0.1) is 39.9 Å². The first-order valence-corrected chi connectivity index (χ1v) is 24.1. The van der Waals surface area contributed by atoms with Crippen molar-refractivity contribution in [2.45, 2.75) is 193 Å². The number of allylic oxidation sites excluding steroid dienone is 9. The molecule has 0 saturated carbocycles. The highest BCUT2D eigenvalue weighted by atomic mass is 31.2. The van der Waals surface area contributed by atoms with Crippen LogP contribution in [0.1, 0.15) is 181 Å². The highest BCUT2D eigenvalue weighted by molar-refractivity contribution is 7.45. The van der Waals surface area contributed by atoms with E-state index >= 15 is 0 Å². The van der Waals surface area contributed by atoms with Gasteiger partial charge in [0.25, 0.3) is 7.82 Å². The summed E-state index contributed by atoms with van der Waals surface area (Å²) in [6, 6.07) is -0.918. The molecule has 0 aliphatic carbocycles. The Morgan fingerprint density at radius 3 is 1.57 bits per heavy atom. The number of aliphatic hydroxyl groups is 1. The second-order valence-electron chi connectivity index (χ2n) is 16.4. The third kappa shape index (κ3) is 40.4. The lowest BCUT2D eigenvalue weighted by atomic mass is 10.1. The van der Waals surface area contributed by atoms with Crippen molar-refractivity contribution in [2.24, 2.45) is 0 Å². The van der Waals surface area contributed by atoms with Crippen molar-refractivity contribution < 1.29 is 32.9 Å². The predicted molar refractivity (Wildman–Crippen MR) is 237 cm³/mol. The summed E-state index contributed by atoms with van der Waals surface area (Å²) in [5.74, 6) is -0.228. The van der Waals surface area contributed by atoms with E-state index in [0.717, 1.165) is 70.6 Å². The van der Waals surface area contributed by atoms with Gasteiger partial charge in [0.15, 0.2) is 0 Å². The fourth-order valence-electron chi connectivity index (χ4n) is 6.04. The average Bonchev–Trinajstić information content (AvgIpc) is 3.15. The Hall–Kier alpha value is -1.80. The van der Waals surface area contributed by atoms with Crippen LogP contribution in [0.4, 0.5) is 0 Å². The van der Waals surface area contributed by atoms with Crippen LogP contribution >= 0.6 is 7.82 Å². The number of aliphatic hydroxyl groups excluding tert-OH is 1. The Morgan fingerprint density at radius 2 is 1.05 bits per heavy atom. The van der Waals surface area contributed by atoms with Gasteiger partial charge >= 0.3 is 0 Å². The Balaban J connectivity index is 4.54. The minimum absolute atomic E-state index is 0.0141. The summed E-state index contributed by atoms with van der Waals surface area (Å²) in [5, 5.41) is 13.7. The molecule has 0 radical (unpaired) electrons. The molecule has 9 heteroatoms. The predicted octanol–water partition coefficient (Wildman–Crippen LogP) is 12.0. The molecule has 3 atom stereocenters. The third-order valence-corrected chi connectivity index (χ3v) is 10.6. The van der Waals surface area contributed by atoms with E-state index in [4.69, 9.17) is 9.05 Å². The minimum atomic E-state index is -4.61.